The molecule has 170 valence electrons. The molecule has 4 rings (SSSR count). The summed E-state index contributed by atoms with van der Waals surface area (Å²) in [6.07, 6.45) is 0.723. The van der Waals surface area contributed by atoms with Gasteiger partial charge in [0.2, 0.25) is 5.91 Å². The molecule has 1 atom stereocenters. The summed E-state index contributed by atoms with van der Waals surface area (Å²) in [6, 6.07) is 12.2. The molecule has 0 saturated heterocycles. The number of fused-ring (bicyclic) bond motifs is 1. The number of hydrogen-bond acceptors (Lipinski definition) is 5. The number of carbonyl (C=O) groups excluding carboxylic acids is 2. The van der Waals surface area contributed by atoms with Crippen molar-refractivity contribution < 1.29 is 22.7 Å². The first-order chi connectivity index (χ1) is 15.1. The lowest BCUT2D eigenvalue weighted by molar-refractivity contribution is -0.117. The van der Waals surface area contributed by atoms with Crippen molar-refractivity contribution in [2.45, 2.75) is 62.8 Å². The molecule has 1 aliphatic heterocycles. The Morgan fingerprint density at radius 2 is 1.62 bits per heavy atom. The monoisotopic (exact) mass is 456 g/mol. The van der Waals surface area contributed by atoms with Gasteiger partial charge in [-0.3, -0.25) is 9.69 Å². The second kappa shape index (κ2) is 8.24. The molecule has 0 aromatic heterocycles. The molecule has 2 aromatic rings. The van der Waals surface area contributed by atoms with Crippen LogP contribution in [0.3, 0.4) is 0 Å². The quantitative estimate of drug-likeness (QED) is 0.681. The van der Waals surface area contributed by atoms with Gasteiger partial charge in [0.05, 0.1) is 33.7 Å². The molecule has 0 radical (unpaired) electrons. The highest BCUT2D eigenvalue weighted by Crippen LogP contribution is 2.40. The van der Waals surface area contributed by atoms with E-state index in [0.717, 1.165) is 24.0 Å². The van der Waals surface area contributed by atoms with Gasteiger partial charge in [0.1, 0.15) is 0 Å². The number of hydrogen-bond donors (Lipinski definition) is 0. The third kappa shape index (κ3) is 4.11. The highest BCUT2D eigenvalue weighted by molar-refractivity contribution is 7.92. The van der Waals surface area contributed by atoms with Crippen LogP contribution in [0.4, 0.5) is 16.2 Å². The molecule has 32 heavy (non-hydrogen) atoms. The summed E-state index contributed by atoms with van der Waals surface area (Å²) in [4.78, 5) is 28.7. The standard InChI is InChI=1S/C24H28N2O5S/c1-15(2)31-24(28)25-14-16(3)26(17(4)27)22-12-7-19(13-23(22)25)18-5-8-20(9-6-18)32(29,30)21-10-11-21/h5-9,12-13,15-16,21H,10-11,14H2,1-4H3. The maximum Gasteiger partial charge on any atom is 0.414 e. The van der Waals surface area contributed by atoms with E-state index in [0.29, 0.717) is 22.8 Å². The second-order valence-corrected chi connectivity index (χ2v) is 11.0. The van der Waals surface area contributed by atoms with Crippen molar-refractivity contribution in [3.63, 3.8) is 0 Å². The first-order valence-corrected chi connectivity index (χ1v) is 12.4. The van der Waals surface area contributed by atoms with E-state index in [4.69, 9.17) is 4.74 Å². The molecular formula is C24H28N2O5S. The summed E-state index contributed by atoms with van der Waals surface area (Å²) in [5.41, 5.74) is 2.89. The molecule has 0 N–H and O–H groups in total. The summed E-state index contributed by atoms with van der Waals surface area (Å²) in [7, 11) is -3.25. The van der Waals surface area contributed by atoms with Crippen LogP contribution < -0.4 is 9.80 Å². The molecule has 7 nitrogen and oxygen atoms in total. The second-order valence-electron chi connectivity index (χ2n) is 8.75. The summed E-state index contributed by atoms with van der Waals surface area (Å²) in [6.45, 7) is 7.31. The van der Waals surface area contributed by atoms with Crippen LogP contribution in [-0.4, -0.2) is 44.4 Å². The Labute approximate surface area is 188 Å². The van der Waals surface area contributed by atoms with E-state index in [1.165, 1.54) is 6.92 Å². The van der Waals surface area contributed by atoms with Gasteiger partial charge in [-0.2, -0.15) is 0 Å². The Hall–Kier alpha value is -2.87. The van der Waals surface area contributed by atoms with Gasteiger partial charge in [-0.15, -0.1) is 0 Å². The summed E-state index contributed by atoms with van der Waals surface area (Å²) >= 11 is 0. The number of nitrogens with zero attached hydrogens (tertiary/aromatic N) is 2. The van der Waals surface area contributed by atoms with Gasteiger partial charge < -0.3 is 9.64 Å². The van der Waals surface area contributed by atoms with Crippen molar-refractivity contribution in [3.05, 3.63) is 42.5 Å². The number of carbonyl (C=O) groups is 2. The number of ether oxygens (including phenoxy) is 1. The van der Waals surface area contributed by atoms with E-state index in [9.17, 15) is 18.0 Å². The van der Waals surface area contributed by atoms with Crippen molar-refractivity contribution in [2.75, 3.05) is 16.3 Å². The molecule has 0 bridgehead atoms. The van der Waals surface area contributed by atoms with Gasteiger partial charge in [-0.05, 0) is 69.0 Å². The molecule has 2 aromatic carbocycles. The molecule has 2 aliphatic rings. The zero-order valence-corrected chi connectivity index (χ0v) is 19.6. The number of rotatable bonds is 4. The van der Waals surface area contributed by atoms with Gasteiger partial charge in [0, 0.05) is 13.5 Å². The van der Waals surface area contributed by atoms with E-state index in [1.54, 1.807) is 47.9 Å². The summed E-state index contributed by atoms with van der Waals surface area (Å²) < 4.78 is 30.4. The smallest absolute Gasteiger partial charge is 0.414 e. The average Bonchev–Trinajstić information content (AvgIpc) is 3.58. The predicted molar refractivity (Wildman–Crippen MR) is 124 cm³/mol. The van der Waals surface area contributed by atoms with Gasteiger partial charge in [0.15, 0.2) is 9.84 Å². The normalized spacial score (nSPS) is 18.5. The minimum absolute atomic E-state index is 0.0991. The Morgan fingerprint density at radius 3 is 2.19 bits per heavy atom. The maximum absolute atomic E-state index is 12.8. The summed E-state index contributed by atoms with van der Waals surface area (Å²) in [5.74, 6) is -0.0991. The number of amides is 2. The summed E-state index contributed by atoms with van der Waals surface area (Å²) in [5, 5.41) is -0.253. The molecular weight excluding hydrogens is 428 g/mol. The van der Waals surface area contributed by atoms with Crippen LogP contribution in [0.25, 0.3) is 11.1 Å². The lowest BCUT2D eigenvalue weighted by Gasteiger charge is -2.40. The van der Waals surface area contributed by atoms with Gasteiger partial charge in [-0.25, -0.2) is 13.2 Å². The zero-order chi connectivity index (χ0) is 23.2. The van der Waals surface area contributed by atoms with Gasteiger partial charge >= 0.3 is 6.09 Å². The first-order valence-electron chi connectivity index (χ1n) is 10.9. The topological polar surface area (TPSA) is 84.0 Å². The lowest BCUT2D eigenvalue weighted by Crippen LogP contribution is -2.51. The fraction of sp³-hybridized carbons (Fsp3) is 0.417. The van der Waals surface area contributed by atoms with E-state index >= 15 is 0 Å². The molecule has 8 heteroatoms. The highest BCUT2D eigenvalue weighted by atomic mass is 32.2. The molecule has 1 aliphatic carbocycles. The molecule has 2 amide bonds. The van der Waals surface area contributed by atoms with Crippen LogP contribution in [0.2, 0.25) is 0 Å². The molecule has 1 unspecified atom stereocenters. The van der Waals surface area contributed by atoms with Crippen molar-refractivity contribution in [2.24, 2.45) is 0 Å². The SMILES string of the molecule is CC(=O)N1c2ccc(-c3ccc(S(=O)(=O)C4CC4)cc3)cc2N(C(=O)OC(C)C)CC1C. The molecule has 1 fully saturated rings. The van der Waals surface area contributed by atoms with Crippen LogP contribution in [0.15, 0.2) is 47.4 Å². The van der Waals surface area contributed by atoms with Crippen LogP contribution >= 0.6 is 0 Å². The lowest BCUT2D eigenvalue weighted by atomic mass is 10.0. The minimum atomic E-state index is -3.25. The molecule has 1 saturated carbocycles. The zero-order valence-electron chi connectivity index (χ0n) is 18.7. The highest BCUT2D eigenvalue weighted by Gasteiger charge is 2.37. The third-order valence-electron chi connectivity index (χ3n) is 5.79. The largest absolute Gasteiger partial charge is 0.446 e. The molecule has 0 spiro atoms. The Kier molecular flexibility index (Phi) is 5.75. The van der Waals surface area contributed by atoms with E-state index in [2.05, 4.69) is 0 Å². The first kappa shape index (κ1) is 22.3. The van der Waals surface area contributed by atoms with E-state index in [-0.39, 0.29) is 23.3 Å². The van der Waals surface area contributed by atoms with Gasteiger partial charge in [-0.1, -0.05) is 18.2 Å². The van der Waals surface area contributed by atoms with Crippen LogP contribution in [0.1, 0.15) is 40.5 Å². The Morgan fingerprint density at radius 1 is 1.00 bits per heavy atom. The third-order valence-corrected chi connectivity index (χ3v) is 8.07. The van der Waals surface area contributed by atoms with E-state index in [1.807, 2.05) is 25.1 Å². The van der Waals surface area contributed by atoms with Gasteiger partial charge in [0.25, 0.3) is 0 Å². The fourth-order valence-corrected chi connectivity index (χ4v) is 5.79. The van der Waals surface area contributed by atoms with Crippen molar-refractivity contribution in [1.29, 1.82) is 0 Å². The Bertz CT molecular complexity index is 1150. The number of sulfone groups is 1. The molecule has 1 heterocycles. The van der Waals surface area contributed by atoms with E-state index < -0.39 is 15.9 Å². The van der Waals surface area contributed by atoms with Crippen LogP contribution in [0, 0.1) is 0 Å². The minimum Gasteiger partial charge on any atom is -0.446 e. The Balaban J connectivity index is 1.73. The number of benzene rings is 2. The number of anilines is 2. The maximum atomic E-state index is 12.8. The predicted octanol–water partition coefficient (Wildman–Crippen LogP) is 4.40. The van der Waals surface area contributed by atoms with Crippen LogP contribution in [-0.2, 0) is 19.4 Å². The van der Waals surface area contributed by atoms with Crippen molar-refractivity contribution in [3.8, 4) is 11.1 Å². The average molecular weight is 457 g/mol. The fourth-order valence-electron chi connectivity index (χ4n) is 4.13. The van der Waals surface area contributed by atoms with Crippen molar-refractivity contribution >= 4 is 33.2 Å². The van der Waals surface area contributed by atoms with Crippen LogP contribution in [0.5, 0.6) is 0 Å². The van der Waals surface area contributed by atoms with Crippen molar-refractivity contribution in [1.82, 2.24) is 0 Å².